The first-order valence-corrected chi connectivity index (χ1v) is 7.00. The second kappa shape index (κ2) is 5.63. The van der Waals surface area contributed by atoms with Gasteiger partial charge in [-0.25, -0.2) is 4.99 Å². The summed E-state index contributed by atoms with van der Waals surface area (Å²) in [6.07, 6.45) is 0. The van der Waals surface area contributed by atoms with E-state index in [1.165, 1.54) is 6.07 Å². The first-order chi connectivity index (χ1) is 13.8. The van der Waals surface area contributed by atoms with E-state index < -0.39 is 26.0 Å². The number of anilines is 2. The molecule has 1 saturated heterocycles. The molecule has 2 aliphatic rings. The summed E-state index contributed by atoms with van der Waals surface area (Å²) < 4.78 is 65.9. The molecule has 2 aliphatic heterocycles. The molecule has 1 fully saturated rings. The van der Waals surface area contributed by atoms with Gasteiger partial charge in [0.1, 0.15) is 5.84 Å². The molecule has 4 rings (SSSR count). The van der Waals surface area contributed by atoms with E-state index in [0.29, 0.717) is 21.3 Å². The lowest BCUT2D eigenvalue weighted by atomic mass is 10.1. The van der Waals surface area contributed by atoms with E-state index in [2.05, 4.69) is 10.3 Å². The van der Waals surface area contributed by atoms with Crippen molar-refractivity contribution in [1.29, 1.82) is 0 Å². The van der Waals surface area contributed by atoms with Gasteiger partial charge in [-0.05, 0) is 30.3 Å². The van der Waals surface area contributed by atoms with Crippen molar-refractivity contribution in [3.63, 3.8) is 0 Å². The van der Waals surface area contributed by atoms with Gasteiger partial charge >= 0.3 is 0 Å². The monoisotopic (exact) mass is 320 g/mol. The maximum Gasteiger partial charge on any atom is 0.138 e. The number of hydrogen-bond donors (Lipinski definition) is 2. The average molecular weight is 321 g/mol. The normalized spacial score (nSPS) is 31.5. The Kier molecular flexibility index (Phi) is 1.92. The summed E-state index contributed by atoms with van der Waals surface area (Å²) in [7, 11) is 0. The number of nitrogens with zero attached hydrogens (tertiary/aromatic N) is 2. The Balaban J connectivity index is 2.04. The number of benzene rings is 2. The van der Waals surface area contributed by atoms with E-state index in [9.17, 15) is 0 Å². The van der Waals surface area contributed by atoms with Crippen molar-refractivity contribution in [2.75, 3.05) is 31.3 Å². The Morgan fingerprint density at radius 3 is 2.77 bits per heavy atom. The van der Waals surface area contributed by atoms with Crippen LogP contribution >= 0.6 is 11.6 Å². The zero-order valence-electron chi connectivity index (χ0n) is 19.3. The van der Waals surface area contributed by atoms with Crippen LogP contribution in [-0.4, -0.2) is 36.7 Å². The zero-order valence-corrected chi connectivity index (χ0v) is 12.1. The number of amidine groups is 1. The molecule has 0 aromatic heterocycles. The quantitative estimate of drug-likeness (QED) is 0.781. The largest absolute Gasteiger partial charge is 0.353 e. The van der Waals surface area contributed by atoms with Gasteiger partial charge in [0.2, 0.25) is 0 Å². The second-order valence-corrected chi connectivity index (χ2v) is 5.14. The minimum atomic E-state index is -3.00. The Bertz CT molecular complexity index is 1030. The molecule has 2 heterocycles. The minimum Gasteiger partial charge on any atom is -0.353 e. The fraction of sp³-hybridized carbons (Fsp3) is 0.235. The smallest absolute Gasteiger partial charge is 0.138 e. The predicted octanol–water partition coefficient (Wildman–Crippen LogP) is 3.38. The number of rotatable bonds is 0. The summed E-state index contributed by atoms with van der Waals surface area (Å²) in [5, 5.41) is 5.33. The van der Waals surface area contributed by atoms with Gasteiger partial charge in [0.25, 0.3) is 0 Å². The van der Waals surface area contributed by atoms with Crippen molar-refractivity contribution in [1.82, 2.24) is 10.2 Å². The van der Waals surface area contributed by atoms with Crippen molar-refractivity contribution >= 4 is 34.5 Å². The number of hydrogen-bond acceptors (Lipinski definition) is 4. The number of halogens is 1. The lowest BCUT2D eigenvalue weighted by Gasteiger charge is -2.30. The molecule has 0 radical (unpaired) electrons. The molecule has 2 aromatic rings. The van der Waals surface area contributed by atoms with Crippen molar-refractivity contribution < 1.29 is 11.0 Å². The Labute approximate surface area is 146 Å². The van der Waals surface area contributed by atoms with Crippen LogP contribution in [0.4, 0.5) is 17.1 Å². The number of piperazine rings is 1. The Morgan fingerprint density at radius 1 is 1.09 bits per heavy atom. The van der Waals surface area contributed by atoms with Crippen LogP contribution in [0.2, 0.25) is 5.02 Å². The van der Waals surface area contributed by atoms with Crippen molar-refractivity contribution in [3.8, 4) is 0 Å². The van der Waals surface area contributed by atoms with Crippen LogP contribution < -0.4 is 10.6 Å². The van der Waals surface area contributed by atoms with E-state index >= 15 is 0 Å². The van der Waals surface area contributed by atoms with Crippen molar-refractivity contribution in [2.45, 2.75) is 0 Å². The molecule has 0 bridgehead atoms. The highest BCUT2D eigenvalue weighted by molar-refractivity contribution is 6.31. The maximum atomic E-state index is 8.41. The summed E-state index contributed by atoms with van der Waals surface area (Å²) in [4.78, 5) is 4.88. The van der Waals surface area contributed by atoms with Crippen LogP contribution in [-0.2, 0) is 0 Å². The highest BCUT2D eigenvalue weighted by Crippen LogP contribution is 2.36. The maximum absolute atomic E-state index is 8.41. The van der Waals surface area contributed by atoms with Crippen LogP contribution in [0, 0.1) is 0 Å². The van der Waals surface area contributed by atoms with Gasteiger partial charge in [0.05, 0.1) is 16.9 Å². The summed E-state index contributed by atoms with van der Waals surface area (Å²) in [6.45, 7) is -11.9. The Hall–Kier alpha value is -2.04. The predicted molar refractivity (Wildman–Crippen MR) is 91.8 cm³/mol. The van der Waals surface area contributed by atoms with Crippen LogP contribution in [0.1, 0.15) is 16.5 Å². The fourth-order valence-electron chi connectivity index (χ4n) is 2.31. The van der Waals surface area contributed by atoms with E-state index in [1.54, 1.807) is 36.4 Å². The Morgan fingerprint density at radius 2 is 1.91 bits per heavy atom. The molecule has 112 valence electrons. The van der Waals surface area contributed by atoms with Crippen LogP contribution in [0.15, 0.2) is 47.5 Å². The average Bonchev–Trinajstić information content (AvgIpc) is 2.76. The van der Waals surface area contributed by atoms with Crippen LogP contribution in [0.3, 0.4) is 0 Å². The van der Waals surface area contributed by atoms with Crippen LogP contribution in [0.5, 0.6) is 0 Å². The first-order valence-electron chi connectivity index (χ1n) is 10.6. The van der Waals surface area contributed by atoms with Gasteiger partial charge in [-0.2, -0.15) is 0 Å². The first kappa shape index (κ1) is 7.49. The van der Waals surface area contributed by atoms with E-state index in [1.807, 2.05) is 5.32 Å². The summed E-state index contributed by atoms with van der Waals surface area (Å²) in [6, 6.07) is 11.4. The molecule has 0 spiro atoms. The molecule has 5 heteroatoms. The number of para-hydroxylation sites is 1. The standard InChI is InChI=1S/C17H17ClN4/c18-12-5-6-15-16(11-12)21-17(22-9-7-19-8-10-22)13-3-1-2-4-14(13)20-15/h1-6,11,19-20H,7-10H2/i7D2,8D2,9D2,10D2. The van der Waals surface area contributed by atoms with Gasteiger partial charge in [-0.1, -0.05) is 23.7 Å². The minimum absolute atomic E-state index is 0.261. The molecule has 4 nitrogen and oxygen atoms in total. The molecule has 0 unspecified atom stereocenters. The third-order valence-corrected chi connectivity index (χ3v) is 3.53. The van der Waals surface area contributed by atoms with Crippen LogP contribution in [0.25, 0.3) is 0 Å². The summed E-state index contributed by atoms with van der Waals surface area (Å²) >= 11 is 6.09. The highest BCUT2D eigenvalue weighted by Gasteiger charge is 2.22. The van der Waals surface area contributed by atoms with E-state index in [-0.39, 0.29) is 17.1 Å². The SMILES string of the molecule is [2H]C1([2H])NC([2H])([2H])C([2H])([2H])N(C2=Nc3cc(Cl)ccc3Nc3ccccc32)C1([2H])[2H]. The molecule has 2 aromatic carbocycles. The van der Waals surface area contributed by atoms with Crippen molar-refractivity contribution in [3.05, 3.63) is 53.1 Å². The number of nitrogens with one attached hydrogen (secondary N) is 2. The van der Waals surface area contributed by atoms with E-state index in [0.717, 1.165) is 0 Å². The molecule has 0 aliphatic carbocycles. The van der Waals surface area contributed by atoms with E-state index in [4.69, 9.17) is 22.6 Å². The molecular formula is C17H17ClN4. The van der Waals surface area contributed by atoms with Gasteiger partial charge in [-0.3, -0.25) is 0 Å². The summed E-state index contributed by atoms with van der Waals surface area (Å²) in [5.74, 6) is -0.261. The molecule has 22 heavy (non-hydrogen) atoms. The summed E-state index contributed by atoms with van der Waals surface area (Å²) in [5.41, 5.74) is 1.57. The lowest BCUT2D eigenvalue weighted by Crippen LogP contribution is -2.46. The van der Waals surface area contributed by atoms with Crippen molar-refractivity contribution in [2.24, 2.45) is 4.99 Å². The highest BCUT2D eigenvalue weighted by atomic mass is 35.5. The molecule has 0 saturated carbocycles. The molecule has 0 atom stereocenters. The third kappa shape index (κ3) is 2.45. The molecule has 0 amide bonds. The lowest BCUT2D eigenvalue weighted by molar-refractivity contribution is 0.358. The number of aliphatic imine (C=N–C) groups is 1. The molecule has 2 N–H and O–H groups in total. The molecular weight excluding hydrogens is 296 g/mol. The van der Waals surface area contributed by atoms with Gasteiger partial charge in [0.15, 0.2) is 0 Å². The third-order valence-electron chi connectivity index (χ3n) is 3.30. The van der Waals surface area contributed by atoms with Gasteiger partial charge in [-0.15, -0.1) is 0 Å². The van der Waals surface area contributed by atoms with Gasteiger partial charge < -0.3 is 15.5 Å². The topological polar surface area (TPSA) is 39.7 Å². The number of fused-ring (bicyclic) bond motifs is 2. The second-order valence-electron chi connectivity index (χ2n) is 4.70. The van der Waals surface area contributed by atoms with Gasteiger partial charge in [0, 0.05) is 47.7 Å². The zero-order chi connectivity index (χ0) is 22.1. The fourth-order valence-corrected chi connectivity index (χ4v) is 2.48.